The summed E-state index contributed by atoms with van der Waals surface area (Å²) < 4.78 is 5.46. The zero-order valence-corrected chi connectivity index (χ0v) is 17.6. The van der Waals surface area contributed by atoms with Crippen LogP contribution in [0, 0.1) is 0 Å². The number of likely N-dealkylation sites (tertiary alicyclic amines) is 1. The number of H-pyrrole nitrogens is 1. The average Bonchev–Trinajstić information content (AvgIpc) is 2.81. The number of aromatic nitrogens is 3. The maximum atomic E-state index is 12.9. The van der Waals surface area contributed by atoms with Crippen LogP contribution in [0.5, 0.6) is 5.75 Å². The van der Waals surface area contributed by atoms with E-state index in [1.807, 2.05) is 54.3 Å². The number of amides is 1. The fourth-order valence-electron chi connectivity index (χ4n) is 3.90. The summed E-state index contributed by atoms with van der Waals surface area (Å²) in [7, 11) is 0. The van der Waals surface area contributed by atoms with Crippen LogP contribution in [0.25, 0.3) is 11.4 Å². The van der Waals surface area contributed by atoms with Crippen LogP contribution in [0.1, 0.15) is 37.1 Å². The minimum Gasteiger partial charge on any atom is -0.494 e. The van der Waals surface area contributed by atoms with Crippen molar-refractivity contribution in [1.82, 2.24) is 19.9 Å². The smallest absolute Gasteiger partial charge is 0.251 e. The maximum absolute atomic E-state index is 12.9. The molecule has 4 rings (SSSR count). The number of ether oxygens (including phenoxy) is 1. The van der Waals surface area contributed by atoms with Gasteiger partial charge in [-0.05, 0) is 49.6 Å². The highest BCUT2D eigenvalue weighted by Crippen LogP contribution is 2.26. The number of piperidine rings is 1. The third-order valence-corrected chi connectivity index (χ3v) is 5.44. The van der Waals surface area contributed by atoms with Gasteiger partial charge in [-0.1, -0.05) is 18.2 Å². The molecule has 1 atom stereocenters. The van der Waals surface area contributed by atoms with Crippen molar-refractivity contribution in [1.29, 1.82) is 0 Å². The number of hydrogen-bond donors (Lipinski definition) is 1. The first-order valence-corrected chi connectivity index (χ1v) is 10.6. The van der Waals surface area contributed by atoms with Crippen LogP contribution >= 0.6 is 0 Å². The largest absolute Gasteiger partial charge is 0.494 e. The van der Waals surface area contributed by atoms with Crippen LogP contribution in [0.4, 0.5) is 0 Å². The Morgan fingerprint density at radius 1 is 1.19 bits per heavy atom. The van der Waals surface area contributed by atoms with Crippen LogP contribution in [0.15, 0.2) is 59.5 Å². The molecule has 0 aliphatic carbocycles. The number of pyridine rings is 1. The fraction of sp³-hybridized carbons (Fsp3) is 0.333. The number of carbonyl (C=O) groups is 1. The van der Waals surface area contributed by atoms with Crippen molar-refractivity contribution in [3.8, 4) is 17.1 Å². The van der Waals surface area contributed by atoms with Gasteiger partial charge in [0.2, 0.25) is 5.91 Å². The standard InChI is InChI=1S/C24H26N4O3/c1-2-31-19-10-8-17(9-11-19)14-23(30)28-13-5-6-18(16-28)24-26-21(15-22(29)27-24)20-7-3-4-12-25-20/h3-4,7-12,15,18H,2,5-6,13-14,16H2,1H3,(H,26,27,29)/t18-/m1/s1. The van der Waals surface area contributed by atoms with Gasteiger partial charge >= 0.3 is 0 Å². The van der Waals surface area contributed by atoms with Gasteiger partial charge in [-0.3, -0.25) is 14.6 Å². The van der Waals surface area contributed by atoms with Crippen molar-refractivity contribution in [2.24, 2.45) is 0 Å². The van der Waals surface area contributed by atoms with Crippen molar-refractivity contribution in [2.75, 3.05) is 19.7 Å². The Balaban J connectivity index is 1.46. The molecule has 0 bridgehead atoms. The molecule has 3 heterocycles. The normalized spacial score (nSPS) is 16.2. The molecule has 1 amide bonds. The highest BCUT2D eigenvalue weighted by molar-refractivity contribution is 5.79. The van der Waals surface area contributed by atoms with Crippen molar-refractivity contribution in [3.05, 3.63) is 76.5 Å². The molecule has 1 aliphatic rings. The topological polar surface area (TPSA) is 88.2 Å². The van der Waals surface area contributed by atoms with E-state index in [0.717, 1.165) is 30.7 Å². The van der Waals surface area contributed by atoms with E-state index in [9.17, 15) is 9.59 Å². The van der Waals surface area contributed by atoms with Gasteiger partial charge in [-0.15, -0.1) is 0 Å². The maximum Gasteiger partial charge on any atom is 0.251 e. The molecule has 2 aromatic heterocycles. The molecule has 1 fully saturated rings. The summed E-state index contributed by atoms with van der Waals surface area (Å²) in [6.07, 6.45) is 3.77. The van der Waals surface area contributed by atoms with Crippen molar-refractivity contribution in [2.45, 2.75) is 32.1 Å². The molecule has 1 N–H and O–H groups in total. The summed E-state index contributed by atoms with van der Waals surface area (Å²) >= 11 is 0. The van der Waals surface area contributed by atoms with E-state index in [-0.39, 0.29) is 17.4 Å². The Bertz CT molecular complexity index is 1080. The third kappa shape index (κ3) is 5.17. The molecular formula is C24H26N4O3. The molecule has 7 nitrogen and oxygen atoms in total. The van der Waals surface area contributed by atoms with Gasteiger partial charge in [-0.25, -0.2) is 4.98 Å². The molecule has 160 valence electrons. The van der Waals surface area contributed by atoms with Crippen LogP contribution < -0.4 is 10.3 Å². The number of rotatable bonds is 6. The zero-order chi connectivity index (χ0) is 21.6. The van der Waals surface area contributed by atoms with E-state index in [4.69, 9.17) is 4.74 Å². The number of carbonyl (C=O) groups excluding carboxylic acids is 1. The lowest BCUT2D eigenvalue weighted by Crippen LogP contribution is -2.40. The minimum absolute atomic E-state index is 0.00519. The summed E-state index contributed by atoms with van der Waals surface area (Å²) in [6, 6.07) is 14.6. The molecular weight excluding hydrogens is 392 g/mol. The van der Waals surface area contributed by atoms with E-state index in [2.05, 4.69) is 15.0 Å². The quantitative estimate of drug-likeness (QED) is 0.664. The molecule has 3 aromatic rings. The van der Waals surface area contributed by atoms with Gasteiger partial charge in [0.15, 0.2) is 0 Å². The first-order chi connectivity index (χ1) is 15.1. The van der Waals surface area contributed by atoms with Gasteiger partial charge in [0.1, 0.15) is 11.6 Å². The van der Waals surface area contributed by atoms with Gasteiger partial charge in [0.25, 0.3) is 5.56 Å². The van der Waals surface area contributed by atoms with Crippen molar-refractivity contribution in [3.63, 3.8) is 0 Å². The summed E-state index contributed by atoms with van der Waals surface area (Å²) in [5.74, 6) is 1.50. The summed E-state index contributed by atoms with van der Waals surface area (Å²) in [5, 5.41) is 0. The van der Waals surface area contributed by atoms with Crippen LogP contribution in [0.2, 0.25) is 0 Å². The number of nitrogens with zero attached hydrogens (tertiary/aromatic N) is 3. The Hall–Kier alpha value is -3.48. The highest BCUT2D eigenvalue weighted by atomic mass is 16.5. The van der Waals surface area contributed by atoms with E-state index in [1.54, 1.807) is 6.20 Å². The predicted octanol–water partition coefficient (Wildman–Crippen LogP) is 3.18. The van der Waals surface area contributed by atoms with Crippen molar-refractivity contribution < 1.29 is 9.53 Å². The highest BCUT2D eigenvalue weighted by Gasteiger charge is 2.26. The fourth-order valence-corrected chi connectivity index (χ4v) is 3.90. The van der Waals surface area contributed by atoms with E-state index >= 15 is 0 Å². The summed E-state index contributed by atoms with van der Waals surface area (Å²) in [5.41, 5.74) is 1.97. The summed E-state index contributed by atoms with van der Waals surface area (Å²) in [6.45, 7) is 3.82. The van der Waals surface area contributed by atoms with Gasteiger partial charge in [0.05, 0.1) is 24.4 Å². The number of hydrogen-bond acceptors (Lipinski definition) is 5. The van der Waals surface area contributed by atoms with Crippen LogP contribution in [-0.2, 0) is 11.2 Å². The predicted molar refractivity (Wildman–Crippen MR) is 118 cm³/mol. The van der Waals surface area contributed by atoms with E-state index < -0.39 is 0 Å². The minimum atomic E-state index is -0.205. The Labute approximate surface area is 181 Å². The van der Waals surface area contributed by atoms with Crippen LogP contribution in [-0.4, -0.2) is 45.5 Å². The second kappa shape index (κ2) is 9.55. The molecule has 0 spiro atoms. The number of aromatic amines is 1. The monoisotopic (exact) mass is 418 g/mol. The number of nitrogens with one attached hydrogen (secondary N) is 1. The lowest BCUT2D eigenvalue weighted by atomic mass is 9.96. The Kier molecular flexibility index (Phi) is 6.40. The molecule has 31 heavy (non-hydrogen) atoms. The molecule has 1 saturated heterocycles. The Morgan fingerprint density at radius 2 is 2.03 bits per heavy atom. The van der Waals surface area contributed by atoms with Gasteiger partial charge in [-0.2, -0.15) is 0 Å². The molecule has 0 radical (unpaired) electrons. The summed E-state index contributed by atoms with van der Waals surface area (Å²) in [4.78, 5) is 38.8. The van der Waals surface area contributed by atoms with E-state index in [0.29, 0.717) is 36.8 Å². The van der Waals surface area contributed by atoms with Crippen LogP contribution in [0.3, 0.4) is 0 Å². The average molecular weight is 418 g/mol. The molecule has 7 heteroatoms. The molecule has 1 aliphatic heterocycles. The van der Waals surface area contributed by atoms with Gasteiger partial charge in [0, 0.05) is 31.3 Å². The Morgan fingerprint density at radius 3 is 2.77 bits per heavy atom. The molecule has 0 saturated carbocycles. The van der Waals surface area contributed by atoms with Crippen molar-refractivity contribution >= 4 is 5.91 Å². The SMILES string of the molecule is CCOc1ccc(CC(=O)N2CCC[C@@H](c3nc(-c4ccccn4)cc(=O)[nH]3)C2)cc1. The second-order valence-electron chi connectivity index (χ2n) is 7.66. The van der Waals surface area contributed by atoms with E-state index in [1.165, 1.54) is 6.07 Å². The third-order valence-electron chi connectivity index (χ3n) is 5.44. The zero-order valence-electron chi connectivity index (χ0n) is 17.6. The molecule has 0 unspecified atom stereocenters. The first-order valence-electron chi connectivity index (χ1n) is 10.6. The second-order valence-corrected chi connectivity index (χ2v) is 7.66. The first kappa shape index (κ1) is 20.8. The van der Waals surface area contributed by atoms with Gasteiger partial charge < -0.3 is 14.6 Å². The number of benzene rings is 1. The molecule has 1 aromatic carbocycles. The lowest BCUT2D eigenvalue weighted by molar-refractivity contribution is -0.131. The lowest BCUT2D eigenvalue weighted by Gasteiger charge is -2.32.